The Hall–Kier alpha value is -1.94. The lowest BCUT2D eigenvalue weighted by molar-refractivity contribution is -0.161. The second-order valence-corrected chi connectivity index (χ2v) is 35.9. The van der Waals surface area contributed by atoms with Crippen molar-refractivity contribution >= 4 is 39.5 Å². The molecular formula is C87H170O17P2. The van der Waals surface area contributed by atoms with Crippen molar-refractivity contribution in [2.24, 2.45) is 23.7 Å². The standard InChI is InChI=1S/C87H170O17P2/c1-9-80(8)66-58-50-45-46-52-60-68-85(90)98-74-83(104-87(92)70-62-54-44-38-32-26-20-19-23-29-35-41-49-57-65-79(6)7)76-102-106(95,96)100-72-81(88)71-99-105(93,94)101-75-82(73-97-84(89)67-59-51-42-36-30-24-18-14-16-22-28-34-40-48-56-64-78(4)5)103-86(91)69-61-53-43-37-31-25-17-13-11-10-12-15-21-27-33-39-47-55-63-77(2)3/h77-83,88H,9-76H2,1-8H3,(H,93,94)(H,95,96)/t80?,81-,82-,83-/m1/s1. The smallest absolute Gasteiger partial charge is 0.462 e. The average Bonchev–Trinajstić information content (AvgIpc) is 0.901. The minimum atomic E-state index is -4.97. The fourth-order valence-electron chi connectivity index (χ4n) is 13.5. The van der Waals surface area contributed by atoms with Crippen molar-refractivity contribution < 1.29 is 80.2 Å². The Kier molecular flexibility index (Phi) is 74.3. The number of unbranched alkanes of at least 4 members (excludes halogenated alkanes) is 49. The van der Waals surface area contributed by atoms with Crippen LogP contribution in [0.5, 0.6) is 0 Å². The lowest BCUT2D eigenvalue weighted by Gasteiger charge is -2.21. The van der Waals surface area contributed by atoms with Gasteiger partial charge in [-0.15, -0.1) is 0 Å². The minimum Gasteiger partial charge on any atom is -0.462 e. The van der Waals surface area contributed by atoms with Gasteiger partial charge in [-0.25, -0.2) is 9.13 Å². The van der Waals surface area contributed by atoms with Crippen LogP contribution in [0, 0.1) is 23.7 Å². The van der Waals surface area contributed by atoms with E-state index in [0.29, 0.717) is 25.7 Å². The number of carbonyl (C=O) groups excluding carboxylic acids is 4. The Labute approximate surface area is 651 Å². The molecule has 0 fully saturated rings. The molecule has 0 amide bonds. The van der Waals surface area contributed by atoms with Gasteiger partial charge in [-0.1, -0.05) is 402 Å². The van der Waals surface area contributed by atoms with E-state index in [9.17, 15) is 43.2 Å². The van der Waals surface area contributed by atoms with E-state index >= 15 is 0 Å². The molecule has 0 aliphatic carbocycles. The Morgan fingerprint density at radius 3 is 0.670 bits per heavy atom. The van der Waals surface area contributed by atoms with Crippen molar-refractivity contribution in [1.29, 1.82) is 0 Å². The highest BCUT2D eigenvalue weighted by molar-refractivity contribution is 7.47. The first-order chi connectivity index (χ1) is 51.1. The fraction of sp³-hybridized carbons (Fsp3) is 0.954. The number of phosphoric acid groups is 2. The molecule has 0 aromatic carbocycles. The molecule has 19 heteroatoms. The number of hydrogen-bond donors (Lipinski definition) is 3. The zero-order valence-corrected chi connectivity index (χ0v) is 71.9. The van der Waals surface area contributed by atoms with E-state index in [1.807, 2.05) is 0 Å². The summed E-state index contributed by atoms with van der Waals surface area (Å²) in [5.41, 5.74) is 0. The summed E-state index contributed by atoms with van der Waals surface area (Å²) in [5, 5.41) is 10.7. The number of ether oxygens (including phenoxy) is 4. The van der Waals surface area contributed by atoms with Gasteiger partial charge < -0.3 is 33.8 Å². The van der Waals surface area contributed by atoms with Crippen molar-refractivity contribution in [3.8, 4) is 0 Å². The van der Waals surface area contributed by atoms with Gasteiger partial charge >= 0.3 is 39.5 Å². The van der Waals surface area contributed by atoms with Crippen LogP contribution < -0.4 is 0 Å². The molecule has 0 spiro atoms. The van der Waals surface area contributed by atoms with Crippen molar-refractivity contribution in [2.45, 2.75) is 472 Å². The predicted molar refractivity (Wildman–Crippen MR) is 437 cm³/mol. The zero-order valence-electron chi connectivity index (χ0n) is 70.1. The molecule has 17 nitrogen and oxygen atoms in total. The van der Waals surface area contributed by atoms with Crippen LogP contribution in [0.15, 0.2) is 0 Å². The topological polar surface area (TPSA) is 237 Å². The molecule has 0 radical (unpaired) electrons. The fourth-order valence-corrected chi connectivity index (χ4v) is 15.0. The van der Waals surface area contributed by atoms with E-state index < -0.39 is 97.5 Å². The van der Waals surface area contributed by atoms with Gasteiger partial charge in [0.1, 0.15) is 19.3 Å². The SMILES string of the molecule is CCC(C)CCCCCCCCC(=O)OC[C@H](COP(=O)(O)OC[C@H](O)COP(=O)(O)OC[C@@H](COC(=O)CCCCCCCCCCCCCCCCCC(C)C)OC(=O)CCCCCCCCCCCCCCCCCCCCC(C)C)OC(=O)CCCCCCCCCCCCCCCCC(C)C. The second-order valence-electron chi connectivity index (χ2n) is 33.0. The summed E-state index contributed by atoms with van der Waals surface area (Å²) in [6.45, 7) is 14.3. The number of hydrogen-bond acceptors (Lipinski definition) is 15. The van der Waals surface area contributed by atoms with E-state index in [2.05, 4.69) is 55.4 Å². The quantitative estimate of drug-likeness (QED) is 0.0222. The summed E-state index contributed by atoms with van der Waals surface area (Å²) in [4.78, 5) is 73.2. The predicted octanol–water partition coefficient (Wildman–Crippen LogP) is 26.3. The molecule has 0 aliphatic rings. The van der Waals surface area contributed by atoms with Crippen LogP contribution in [0.25, 0.3) is 0 Å². The average molecular weight is 1550 g/mol. The molecule has 3 N–H and O–H groups in total. The summed E-state index contributed by atoms with van der Waals surface area (Å²) in [5.74, 6) is 1.05. The van der Waals surface area contributed by atoms with E-state index in [0.717, 1.165) is 120 Å². The lowest BCUT2D eigenvalue weighted by Crippen LogP contribution is -2.30. The molecule has 630 valence electrons. The molecule has 0 bridgehead atoms. The highest BCUT2D eigenvalue weighted by atomic mass is 31.2. The van der Waals surface area contributed by atoms with Gasteiger partial charge in [-0.2, -0.15) is 0 Å². The van der Waals surface area contributed by atoms with Gasteiger partial charge in [0.2, 0.25) is 0 Å². The number of aliphatic hydroxyl groups is 1. The van der Waals surface area contributed by atoms with Crippen LogP contribution in [-0.2, 0) is 65.4 Å². The number of carbonyl (C=O) groups is 4. The van der Waals surface area contributed by atoms with Crippen molar-refractivity contribution in [3.63, 3.8) is 0 Å². The zero-order chi connectivity index (χ0) is 78.1. The van der Waals surface area contributed by atoms with Crippen molar-refractivity contribution in [3.05, 3.63) is 0 Å². The van der Waals surface area contributed by atoms with E-state index in [1.54, 1.807) is 0 Å². The molecule has 0 aliphatic heterocycles. The van der Waals surface area contributed by atoms with Crippen LogP contribution in [0.3, 0.4) is 0 Å². The number of esters is 4. The van der Waals surface area contributed by atoms with Gasteiger partial charge in [0.05, 0.1) is 26.4 Å². The summed E-state index contributed by atoms with van der Waals surface area (Å²) in [6.07, 6.45) is 65.3. The molecule has 6 atom stereocenters. The first kappa shape index (κ1) is 104. The highest BCUT2D eigenvalue weighted by Crippen LogP contribution is 2.45. The molecule has 0 heterocycles. The molecule has 106 heavy (non-hydrogen) atoms. The third-order valence-electron chi connectivity index (χ3n) is 20.7. The van der Waals surface area contributed by atoms with Crippen LogP contribution in [-0.4, -0.2) is 96.7 Å². The summed E-state index contributed by atoms with van der Waals surface area (Å²) < 4.78 is 68.9. The molecule has 0 aromatic heterocycles. The lowest BCUT2D eigenvalue weighted by atomic mass is 10.00. The van der Waals surface area contributed by atoms with Gasteiger partial charge in [0.25, 0.3) is 0 Å². The van der Waals surface area contributed by atoms with Crippen molar-refractivity contribution in [1.82, 2.24) is 0 Å². The van der Waals surface area contributed by atoms with Crippen molar-refractivity contribution in [2.75, 3.05) is 39.6 Å². The normalized spacial score (nSPS) is 14.2. The number of phosphoric ester groups is 2. The third kappa shape index (κ3) is 78.7. The highest BCUT2D eigenvalue weighted by Gasteiger charge is 2.31. The van der Waals surface area contributed by atoms with Gasteiger partial charge in [-0.05, 0) is 49.4 Å². The van der Waals surface area contributed by atoms with E-state index in [-0.39, 0.29) is 25.7 Å². The molecule has 0 saturated carbocycles. The Balaban J connectivity index is 5.23. The van der Waals surface area contributed by atoms with Crippen LogP contribution in [0.1, 0.15) is 453 Å². The largest absolute Gasteiger partial charge is 0.472 e. The second kappa shape index (κ2) is 75.7. The molecule has 3 unspecified atom stereocenters. The minimum absolute atomic E-state index is 0.106. The summed E-state index contributed by atoms with van der Waals surface area (Å²) >= 11 is 0. The van der Waals surface area contributed by atoms with E-state index in [4.69, 9.17) is 37.0 Å². The monoisotopic (exact) mass is 1550 g/mol. The van der Waals surface area contributed by atoms with Gasteiger partial charge in [0, 0.05) is 25.7 Å². The van der Waals surface area contributed by atoms with Gasteiger partial charge in [0.15, 0.2) is 12.2 Å². The molecule has 0 aromatic rings. The van der Waals surface area contributed by atoms with Crippen LogP contribution >= 0.6 is 15.6 Å². The van der Waals surface area contributed by atoms with Crippen LogP contribution in [0.2, 0.25) is 0 Å². The first-order valence-electron chi connectivity index (χ1n) is 44.7. The molecule has 0 saturated heterocycles. The Morgan fingerprint density at radius 1 is 0.264 bits per heavy atom. The number of rotatable bonds is 84. The maximum Gasteiger partial charge on any atom is 0.472 e. The Bertz CT molecular complexity index is 2060. The Morgan fingerprint density at radius 2 is 0.453 bits per heavy atom. The third-order valence-corrected chi connectivity index (χ3v) is 22.6. The maximum atomic E-state index is 13.2. The maximum absolute atomic E-state index is 13.2. The van der Waals surface area contributed by atoms with E-state index in [1.165, 1.54) is 250 Å². The van der Waals surface area contributed by atoms with Gasteiger partial charge in [-0.3, -0.25) is 37.3 Å². The molecule has 0 rings (SSSR count). The summed E-state index contributed by atoms with van der Waals surface area (Å²) in [6, 6.07) is 0. The first-order valence-corrected chi connectivity index (χ1v) is 47.7. The summed E-state index contributed by atoms with van der Waals surface area (Å²) in [7, 11) is -9.93. The molecular weight excluding hydrogens is 1380 g/mol. The number of aliphatic hydroxyl groups excluding tert-OH is 1. The van der Waals surface area contributed by atoms with Crippen LogP contribution in [0.4, 0.5) is 0 Å².